The fourth-order valence-corrected chi connectivity index (χ4v) is 1.67. The van der Waals surface area contributed by atoms with Gasteiger partial charge in [0.05, 0.1) is 10.6 Å². The molecule has 0 amide bonds. The van der Waals surface area contributed by atoms with Gasteiger partial charge in [-0.25, -0.2) is 4.39 Å². The Morgan fingerprint density at radius 1 is 1.44 bits per heavy atom. The van der Waals surface area contributed by atoms with Gasteiger partial charge in [0.15, 0.2) is 0 Å². The number of β-amino-alcohol motifs (C(OH)–C–C–N with tert-alkyl or cyclic N) is 1. The molecule has 0 aliphatic rings. The zero-order valence-electron chi connectivity index (χ0n) is 9.72. The molecule has 1 aromatic carbocycles. The van der Waals surface area contributed by atoms with E-state index in [9.17, 15) is 9.50 Å². The van der Waals surface area contributed by atoms with E-state index in [-0.39, 0.29) is 5.54 Å². The Morgan fingerprint density at radius 3 is 2.62 bits per heavy atom. The van der Waals surface area contributed by atoms with Gasteiger partial charge in [0.1, 0.15) is 5.82 Å². The lowest BCUT2D eigenvalue weighted by atomic mass is 10.1. The molecule has 0 heterocycles. The third kappa shape index (κ3) is 3.85. The summed E-state index contributed by atoms with van der Waals surface area (Å²) < 4.78 is 14.0. The molecule has 1 unspecified atom stereocenters. The Labute approximate surface area is 104 Å². The molecule has 16 heavy (non-hydrogen) atoms. The molecule has 0 aliphatic heterocycles. The second-order valence-electron chi connectivity index (χ2n) is 4.79. The smallest absolute Gasteiger partial charge is 0.143 e. The molecule has 1 atom stereocenters. The number of halogens is 2. The van der Waals surface area contributed by atoms with E-state index in [4.69, 9.17) is 0 Å². The van der Waals surface area contributed by atoms with Crippen LogP contribution in [0.25, 0.3) is 0 Å². The van der Waals surface area contributed by atoms with Gasteiger partial charge in [0, 0.05) is 17.6 Å². The van der Waals surface area contributed by atoms with Crippen LogP contribution in [0.5, 0.6) is 0 Å². The lowest BCUT2D eigenvalue weighted by Gasteiger charge is -2.23. The zero-order chi connectivity index (χ0) is 12.3. The summed E-state index contributed by atoms with van der Waals surface area (Å²) in [7, 11) is 0. The number of hydrogen-bond acceptors (Lipinski definition) is 2. The molecular formula is C12H17BrFNO. The normalized spacial score (nSPS) is 13.9. The predicted octanol–water partition coefficient (Wildman–Crippen LogP) is 3.01. The standard InChI is InChI=1S/C12H17BrFNO/c1-12(2,3)15-7-10(16)8-5-4-6-9(13)11(8)14/h4-6,10,15-16H,7H2,1-3H3. The van der Waals surface area contributed by atoms with E-state index in [1.165, 1.54) is 0 Å². The molecule has 2 nitrogen and oxygen atoms in total. The first kappa shape index (κ1) is 13.6. The molecule has 0 radical (unpaired) electrons. The van der Waals surface area contributed by atoms with Crippen LogP contribution in [0.15, 0.2) is 22.7 Å². The first-order valence-corrected chi connectivity index (χ1v) is 5.97. The Balaban J connectivity index is 2.73. The van der Waals surface area contributed by atoms with Crippen LogP contribution < -0.4 is 5.32 Å². The maximum Gasteiger partial charge on any atom is 0.143 e. The molecule has 0 spiro atoms. The summed E-state index contributed by atoms with van der Waals surface area (Å²) in [6, 6.07) is 4.92. The molecule has 0 saturated carbocycles. The Kier molecular flexibility index (Phi) is 4.47. The van der Waals surface area contributed by atoms with Crippen molar-refractivity contribution in [3.63, 3.8) is 0 Å². The zero-order valence-corrected chi connectivity index (χ0v) is 11.3. The molecule has 2 N–H and O–H groups in total. The van der Waals surface area contributed by atoms with Crippen LogP contribution in [0.1, 0.15) is 32.4 Å². The molecular weight excluding hydrogens is 273 g/mol. The molecule has 0 aromatic heterocycles. The average molecular weight is 290 g/mol. The largest absolute Gasteiger partial charge is 0.387 e. The minimum absolute atomic E-state index is 0.0938. The van der Waals surface area contributed by atoms with Crippen molar-refractivity contribution >= 4 is 15.9 Å². The van der Waals surface area contributed by atoms with E-state index < -0.39 is 11.9 Å². The molecule has 0 fully saturated rings. The van der Waals surface area contributed by atoms with E-state index in [1.807, 2.05) is 20.8 Å². The maximum atomic E-state index is 13.6. The van der Waals surface area contributed by atoms with Crippen molar-refractivity contribution < 1.29 is 9.50 Å². The van der Waals surface area contributed by atoms with Crippen molar-refractivity contribution in [1.29, 1.82) is 0 Å². The number of aliphatic hydroxyl groups is 1. The first-order valence-electron chi connectivity index (χ1n) is 5.18. The molecule has 0 bridgehead atoms. The number of benzene rings is 1. The predicted molar refractivity (Wildman–Crippen MR) is 66.8 cm³/mol. The molecule has 0 aliphatic carbocycles. The van der Waals surface area contributed by atoms with Gasteiger partial charge >= 0.3 is 0 Å². The summed E-state index contributed by atoms with van der Waals surface area (Å²) in [4.78, 5) is 0. The highest BCUT2D eigenvalue weighted by atomic mass is 79.9. The van der Waals surface area contributed by atoms with Gasteiger partial charge in [-0.05, 0) is 42.8 Å². The van der Waals surface area contributed by atoms with Crippen LogP contribution in [-0.4, -0.2) is 17.2 Å². The van der Waals surface area contributed by atoms with Gasteiger partial charge in [-0.3, -0.25) is 0 Å². The summed E-state index contributed by atoms with van der Waals surface area (Å²) in [5, 5.41) is 13.0. The van der Waals surface area contributed by atoms with Crippen molar-refractivity contribution in [3.8, 4) is 0 Å². The lowest BCUT2D eigenvalue weighted by Crippen LogP contribution is -2.38. The molecule has 0 saturated heterocycles. The highest BCUT2D eigenvalue weighted by molar-refractivity contribution is 9.10. The van der Waals surface area contributed by atoms with Gasteiger partial charge in [-0.15, -0.1) is 0 Å². The number of rotatable bonds is 3. The van der Waals surface area contributed by atoms with Crippen LogP contribution >= 0.6 is 15.9 Å². The van der Waals surface area contributed by atoms with Crippen LogP contribution in [0.4, 0.5) is 4.39 Å². The van der Waals surface area contributed by atoms with Gasteiger partial charge in [0.25, 0.3) is 0 Å². The highest BCUT2D eigenvalue weighted by Gasteiger charge is 2.17. The maximum absolute atomic E-state index is 13.6. The summed E-state index contributed by atoms with van der Waals surface area (Å²) in [5.41, 5.74) is 0.217. The fraction of sp³-hybridized carbons (Fsp3) is 0.500. The third-order valence-corrected chi connectivity index (χ3v) is 2.78. The Hall–Kier alpha value is -0.450. The van der Waals surface area contributed by atoms with Crippen LogP contribution in [-0.2, 0) is 0 Å². The molecule has 4 heteroatoms. The summed E-state index contributed by atoms with van der Waals surface area (Å²) in [6.45, 7) is 6.32. The monoisotopic (exact) mass is 289 g/mol. The van der Waals surface area contributed by atoms with E-state index in [2.05, 4.69) is 21.2 Å². The molecule has 90 valence electrons. The van der Waals surface area contributed by atoms with Crippen LogP contribution in [0.3, 0.4) is 0 Å². The molecule has 1 rings (SSSR count). The van der Waals surface area contributed by atoms with Gasteiger partial charge in [-0.1, -0.05) is 12.1 Å². The number of hydrogen-bond donors (Lipinski definition) is 2. The number of aliphatic hydroxyl groups excluding tert-OH is 1. The lowest BCUT2D eigenvalue weighted by molar-refractivity contribution is 0.159. The van der Waals surface area contributed by atoms with Gasteiger partial charge in [0.2, 0.25) is 0 Å². The Bertz CT molecular complexity index is 363. The van der Waals surface area contributed by atoms with Crippen molar-refractivity contribution in [1.82, 2.24) is 5.32 Å². The van der Waals surface area contributed by atoms with Crippen molar-refractivity contribution in [2.24, 2.45) is 0 Å². The van der Waals surface area contributed by atoms with Crippen molar-refractivity contribution in [3.05, 3.63) is 34.1 Å². The fourth-order valence-electron chi connectivity index (χ4n) is 1.29. The molecule has 1 aromatic rings. The van der Waals surface area contributed by atoms with Crippen molar-refractivity contribution in [2.75, 3.05) is 6.54 Å². The van der Waals surface area contributed by atoms with Gasteiger partial charge in [-0.2, -0.15) is 0 Å². The van der Waals surface area contributed by atoms with E-state index in [1.54, 1.807) is 18.2 Å². The summed E-state index contributed by atoms with van der Waals surface area (Å²) in [5.74, 6) is -0.397. The van der Waals surface area contributed by atoms with Crippen molar-refractivity contribution in [2.45, 2.75) is 32.4 Å². The minimum atomic E-state index is -0.836. The minimum Gasteiger partial charge on any atom is -0.387 e. The van der Waals surface area contributed by atoms with Crippen LogP contribution in [0, 0.1) is 5.82 Å². The third-order valence-electron chi connectivity index (χ3n) is 2.17. The first-order chi connectivity index (χ1) is 7.31. The number of nitrogens with one attached hydrogen (secondary N) is 1. The summed E-state index contributed by atoms with van der Waals surface area (Å²) >= 11 is 3.10. The second-order valence-corrected chi connectivity index (χ2v) is 5.64. The quantitative estimate of drug-likeness (QED) is 0.897. The topological polar surface area (TPSA) is 32.3 Å². The van der Waals surface area contributed by atoms with Gasteiger partial charge < -0.3 is 10.4 Å². The SMILES string of the molecule is CC(C)(C)NCC(O)c1cccc(Br)c1F. The Morgan fingerprint density at radius 2 is 2.06 bits per heavy atom. The van der Waals surface area contributed by atoms with E-state index in [0.717, 1.165) is 0 Å². The average Bonchev–Trinajstić information content (AvgIpc) is 2.17. The second kappa shape index (κ2) is 5.25. The summed E-state index contributed by atoms with van der Waals surface area (Å²) in [6.07, 6.45) is -0.836. The van der Waals surface area contributed by atoms with E-state index >= 15 is 0 Å². The highest BCUT2D eigenvalue weighted by Crippen LogP contribution is 2.23. The van der Waals surface area contributed by atoms with Crippen LogP contribution in [0.2, 0.25) is 0 Å². The van der Waals surface area contributed by atoms with E-state index in [0.29, 0.717) is 16.6 Å².